The van der Waals surface area contributed by atoms with E-state index in [0.717, 1.165) is 15.3 Å². The average molecular weight is 372 g/mol. The Morgan fingerprint density at radius 1 is 1.08 bits per heavy atom. The standard InChI is InChI=1S/C19H20N2O4S/c1-13-15-9-5-6-10-16(15)25-18(13)19(22)20-12-14-8-4-7-11-17(14)26(23,24)21(2)3/h4-11H,12H2,1-3H3,(H,20,22). The number of aryl methyl sites for hydroxylation is 1. The van der Waals surface area contributed by atoms with E-state index in [4.69, 9.17) is 4.42 Å². The van der Waals surface area contributed by atoms with E-state index in [1.807, 2.05) is 25.1 Å². The third-order valence-electron chi connectivity index (χ3n) is 4.22. The van der Waals surface area contributed by atoms with Crippen LogP contribution in [0.4, 0.5) is 0 Å². The number of hydrogen-bond acceptors (Lipinski definition) is 4. The molecule has 1 amide bonds. The van der Waals surface area contributed by atoms with Gasteiger partial charge in [-0.3, -0.25) is 4.79 Å². The van der Waals surface area contributed by atoms with Crippen molar-refractivity contribution >= 4 is 26.9 Å². The molecule has 0 saturated carbocycles. The number of carbonyl (C=O) groups is 1. The van der Waals surface area contributed by atoms with E-state index in [-0.39, 0.29) is 23.1 Å². The molecule has 0 atom stereocenters. The number of fused-ring (bicyclic) bond motifs is 1. The van der Waals surface area contributed by atoms with Crippen LogP contribution in [0.3, 0.4) is 0 Å². The van der Waals surface area contributed by atoms with Gasteiger partial charge in [0.15, 0.2) is 5.76 Å². The molecule has 0 aliphatic heterocycles. The maximum absolute atomic E-state index is 12.5. The second kappa shape index (κ2) is 6.93. The molecular weight excluding hydrogens is 352 g/mol. The van der Waals surface area contributed by atoms with Gasteiger partial charge >= 0.3 is 0 Å². The van der Waals surface area contributed by atoms with Gasteiger partial charge in [0.05, 0.1) is 4.90 Å². The number of nitrogens with zero attached hydrogens (tertiary/aromatic N) is 1. The van der Waals surface area contributed by atoms with Crippen LogP contribution in [0.15, 0.2) is 57.8 Å². The third kappa shape index (κ3) is 3.23. The summed E-state index contributed by atoms with van der Waals surface area (Å²) in [5.74, 6) is -0.144. The van der Waals surface area contributed by atoms with Gasteiger partial charge in [-0.2, -0.15) is 0 Å². The highest BCUT2D eigenvalue weighted by Crippen LogP contribution is 2.25. The lowest BCUT2D eigenvalue weighted by Crippen LogP contribution is -2.27. The molecule has 0 unspecified atom stereocenters. The second-order valence-electron chi connectivity index (χ2n) is 6.13. The van der Waals surface area contributed by atoms with Crippen molar-refractivity contribution in [2.45, 2.75) is 18.4 Å². The SMILES string of the molecule is Cc1c(C(=O)NCc2ccccc2S(=O)(=O)N(C)C)oc2ccccc12. The molecule has 3 aromatic rings. The first-order valence-electron chi connectivity index (χ1n) is 8.09. The second-order valence-corrected chi connectivity index (χ2v) is 8.25. The molecule has 0 radical (unpaired) electrons. The molecule has 0 fully saturated rings. The summed E-state index contributed by atoms with van der Waals surface area (Å²) in [6.45, 7) is 1.91. The monoisotopic (exact) mass is 372 g/mol. The fourth-order valence-corrected chi connectivity index (χ4v) is 3.86. The Kier molecular flexibility index (Phi) is 4.84. The van der Waals surface area contributed by atoms with Crippen LogP contribution in [-0.2, 0) is 16.6 Å². The fourth-order valence-electron chi connectivity index (χ4n) is 2.74. The number of benzene rings is 2. The number of sulfonamides is 1. The molecule has 6 nitrogen and oxygen atoms in total. The van der Waals surface area contributed by atoms with Gasteiger partial charge in [0.1, 0.15) is 5.58 Å². The summed E-state index contributed by atoms with van der Waals surface area (Å²) >= 11 is 0. The summed E-state index contributed by atoms with van der Waals surface area (Å²) < 4.78 is 31.7. The van der Waals surface area contributed by atoms with E-state index in [2.05, 4.69) is 5.32 Å². The molecule has 0 bridgehead atoms. The molecule has 0 saturated heterocycles. The number of carbonyl (C=O) groups excluding carboxylic acids is 1. The van der Waals surface area contributed by atoms with E-state index < -0.39 is 10.0 Å². The molecule has 26 heavy (non-hydrogen) atoms. The summed E-state index contributed by atoms with van der Waals surface area (Å²) in [7, 11) is -0.641. The van der Waals surface area contributed by atoms with Crippen molar-refractivity contribution in [2.75, 3.05) is 14.1 Å². The maximum Gasteiger partial charge on any atom is 0.287 e. The predicted octanol–water partition coefficient (Wildman–Crippen LogP) is 2.92. The zero-order valence-corrected chi connectivity index (χ0v) is 15.6. The molecular formula is C19H20N2O4S. The molecule has 0 spiro atoms. The fraction of sp³-hybridized carbons (Fsp3) is 0.211. The molecule has 1 aromatic heterocycles. The Hall–Kier alpha value is -2.64. The first kappa shape index (κ1) is 18.2. The van der Waals surface area contributed by atoms with Crippen molar-refractivity contribution in [3.63, 3.8) is 0 Å². The molecule has 3 rings (SSSR count). The Morgan fingerprint density at radius 2 is 1.73 bits per heavy atom. The number of amides is 1. The molecule has 0 aliphatic rings. The van der Waals surface area contributed by atoms with Crippen LogP contribution in [0, 0.1) is 6.92 Å². The van der Waals surface area contributed by atoms with E-state index in [1.165, 1.54) is 20.2 Å². The Morgan fingerprint density at radius 3 is 2.42 bits per heavy atom. The average Bonchev–Trinajstić information content (AvgIpc) is 2.97. The molecule has 136 valence electrons. The first-order valence-corrected chi connectivity index (χ1v) is 9.53. The highest BCUT2D eigenvalue weighted by atomic mass is 32.2. The quantitative estimate of drug-likeness (QED) is 0.747. The first-order chi connectivity index (χ1) is 12.3. The number of furan rings is 1. The molecule has 1 heterocycles. The molecule has 7 heteroatoms. The number of hydrogen-bond donors (Lipinski definition) is 1. The number of nitrogens with one attached hydrogen (secondary N) is 1. The highest BCUT2D eigenvalue weighted by Gasteiger charge is 2.22. The molecule has 1 N–H and O–H groups in total. The van der Waals surface area contributed by atoms with Crippen LogP contribution in [0.5, 0.6) is 0 Å². The van der Waals surface area contributed by atoms with E-state index in [9.17, 15) is 13.2 Å². The lowest BCUT2D eigenvalue weighted by Gasteiger charge is -2.15. The Balaban J connectivity index is 1.85. The highest BCUT2D eigenvalue weighted by molar-refractivity contribution is 7.89. The van der Waals surface area contributed by atoms with Crippen LogP contribution in [-0.4, -0.2) is 32.7 Å². The largest absolute Gasteiger partial charge is 0.451 e. The Labute approximate surface area is 152 Å². The lowest BCUT2D eigenvalue weighted by atomic mass is 10.1. The summed E-state index contributed by atoms with van der Waals surface area (Å²) in [6.07, 6.45) is 0. The van der Waals surface area contributed by atoms with Gasteiger partial charge in [-0.25, -0.2) is 12.7 Å². The van der Waals surface area contributed by atoms with Crippen LogP contribution >= 0.6 is 0 Å². The topological polar surface area (TPSA) is 79.6 Å². The predicted molar refractivity (Wildman–Crippen MR) is 99.4 cm³/mol. The van der Waals surface area contributed by atoms with Gasteiger partial charge in [-0.05, 0) is 24.6 Å². The van der Waals surface area contributed by atoms with E-state index in [1.54, 1.807) is 24.3 Å². The minimum absolute atomic E-state index is 0.0819. The zero-order chi connectivity index (χ0) is 18.9. The summed E-state index contributed by atoms with van der Waals surface area (Å²) in [5, 5.41) is 3.64. The normalized spacial score (nSPS) is 11.8. The van der Waals surface area contributed by atoms with Gasteiger partial charge in [0.2, 0.25) is 10.0 Å². The van der Waals surface area contributed by atoms with Gasteiger partial charge in [-0.15, -0.1) is 0 Å². The minimum atomic E-state index is -3.59. The van der Waals surface area contributed by atoms with Crippen molar-refractivity contribution in [3.05, 3.63) is 65.4 Å². The zero-order valence-electron chi connectivity index (χ0n) is 14.8. The smallest absolute Gasteiger partial charge is 0.287 e. The van der Waals surface area contributed by atoms with E-state index in [0.29, 0.717) is 11.1 Å². The van der Waals surface area contributed by atoms with Crippen molar-refractivity contribution in [1.82, 2.24) is 9.62 Å². The van der Waals surface area contributed by atoms with Crippen LogP contribution in [0.25, 0.3) is 11.0 Å². The van der Waals surface area contributed by atoms with Gasteiger partial charge in [0, 0.05) is 31.6 Å². The van der Waals surface area contributed by atoms with Crippen LogP contribution < -0.4 is 5.32 Å². The lowest BCUT2D eigenvalue weighted by molar-refractivity contribution is 0.0924. The van der Waals surface area contributed by atoms with E-state index >= 15 is 0 Å². The molecule has 2 aromatic carbocycles. The summed E-state index contributed by atoms with van der Waals surface area (Å²) in [5.41, 5.74) is 1.92. The minimum Gasteiger partial charge on any atom is -0.451 e. The molecule has 0 aliphatic carbocycles. The summed E-state index contributed by atoms with van der Waals surface area (Å²) in [4.78, 5) is 12.7. The van der Waals surface area contributed by atoms with Crippen LogP contribution in [0.1, 0.15) is 21.7 Å². The summed E-state index contributed by atoms with van der Waals surface area (Å²) in [6, 6.07) is 14.0. The Bertz CT molecular complexity index is 1070. The van der Waals surface area contributed by atoms with Gasteiger partial charge in [-0.1, -0.05) is 36.4 Å². The van der Waals surface area contributed by atoms with Crippen molar-refractivity contribution in [1.29, 1.82) is 0 Å². The third-order valence-corrected chi connectivity index (χ3v) is 6.14. The maximum atomic E-state index is 12.5. The van der Waals surface area contributed by atoms with Crippen molar-refractivity contribution in [3.8, 4) is 0 Å². The number of rotatable bonds is 5. The van der Waals surface area contributed by atoms with Crippen LogP contribution in [0.2, 0.25) is 0 Å². The van der Waals surface area contributed by atoms with Crippen molar-refractivity contribution in [2.24, 2.45) is 0 Å². The van der Waals surface area contributed by atoms with Crippen molar-refractivity contribution < 1.29 is 17.6 Å². The number of para-hydroxylation sites is 1. The van der Waals surface area contributed by atoms with Gasteiger partial charge < -0.3 is 9.73 Å². The van der Waals surface area contributed by atoms with Gasteiger partial charge in [0.25, 0.3) is 5.91 Å².